The Morgan fingerprint density at radius 3 is 0.653 bits per heavy atom. The summed E-state index contributed by atoms with van der Waals surface area (Å²) < 4.78 is 60.7. The number of Topliss-reactive ketones (excluding diaryl/α,β-unsaturated/α-hetero) is 1. The zero-order valence-electron chi connectivity index (χ0n) is 89.5. The highest BCUT2D eigenvalue weighted by Gasteiger charge is 2.55. The fourth-order valence-electron chi connectivity index (χ4n) is 13.8. The summed E-state index contributed by atoms with van der Waals surface area (Å²) in [7, 11) is -2.82. The van der Waals surface area contributed by atoms with Gasteiger partial charge in [-0.2, -0.15) is 13.2 Å². The van der Waals surface area contributed by atoms with Gasteiger partial charge in [0, 0.05) is 58.9 Å². The number of ketones is 1. The van der Waals surface area contributed by atoms with Crippen LogP contribution in [-0.2, 0) is 14.6 Å². The molecule has 0 aliphatic rings. The first-order valence-electron chi connectivity index (χ1n) is 50.1. The van der Waals surface area contributed by atoms with Crippen LogP contribution in [-0.4, -0.2) is 126 Å². The van der Waals surface area contributed by atoms with E-state index in [1.165, 1.54) is 142 Å². The largest absolute Gasteiger partial charge is 0.396 e. The number of alkyl halides is 3. The Balaban J connectivity index is -0.000000142. The van der Waals surface area contributed by atoms with Gasteiger partial charge in [-0.25, -0.2) is 8.42 Å². The van der Waals surface area contributed by atoms with Crippen molar-refractivity contribution in [3.05, 3.63) is 0 Å². The third-order valence-electron chi connectivity index (χ3n) is 30.4. The summed E-state index contributed by atoms with van der Waals surface area (Å²) in [6.07, 6.45) is 34.6. The van der Waals surface area contributed by atoms with Gasteiger partial charge in [-0.3, -0.25) is 0 Å². The molecule has 0 saturated heterocycles. The normalized spacial score (nSPS) is 16.7. The van der Waals surface area contributed by atoms with Crippen LogP contribution in [0.15, 0.2) is 0 Å². The minimum absolute atomic E-state index is 0.0150. The lowest BCUT2D eigenvalue weighted by atomic mass is 9.72. The monoisotopic (exact) mass is 1770 g/mol. The molecular formula is C106H227F3O11S. The molecule has 15 heteroatoms. The van der Waals surface area contributed by atoms with E-state index in [1.807, 2.05) is 6.92 Å². The van der Waals surface area contributed by atoms with Gasteiger partial charge in [-0.05, 0) is 198 Å². The first-order valence-corrected chi connectivity index (χ1v) is 52.1. The van der Waals surface area contributed by atoms with Crippen molar-refractivity contribution in [1.29, 1.82) is 0 Å². The lowest BCUT2D eigenvalue weighted by Crippen LogP contribution is -2.45. The molecule has 10 atom stereocenters. The summed E-state index contributed by atoms with van der Waals surface area (Å²) in [5, 5.41) is 73.4. The molecule has 0 rings (SSSR count). The van der Waals surface area contributed by atoms with Gasteiger partial charge in [0.05, 0.1) is 17.8 Å². The van der Waals surface area contributed by atoms with Crippen molar-refractivity contribution in [2.75, 3.05) is 64.9 Å². The lowest BCUT2D eigenvalue weighted by Gasteiger charge is -2.37. The summed E-state index contributed by atoms with van der Waals surface area (Å²) >= 11 is 0. The number of aliphatic hydroxyl groups is 8. The molecule has 0 heterocycles. The molecule has 0 aliphatic carbocycles. The molecular weight excluding hydrogens is 1540 g/mol. The molecule has 0 spiro atoms. The van der Waals surface area contributed by atoms with Crippen LogP contribution in [0.4, 0.5) is 13.2 Å². The quantitative estimate of drug-likeness (QED) is 0.0268. The minimum Gasteiger partial charge on any atom is -0.396 e. The molecule has 0 aromatic carbocycles. The van der Waals surface area contributed by atoms with Gasteiger partial charge in [-0.1, -0.05) is 398 Å². The maximum absolute atomic E-state index is 12.8. The van der Waals surface area contributed by atoms with Crippen LogP contribution in [0.2, 0.25) is 0 Å². The van der Waals surface area contributed by atoms with Crippen LogP contribution in [0.1, 0.15) is 495 Å². The molecule has 0 amide bonds. The Morgan fingerprint density at radius 2 is 0.488 bits per heavy atom. The maximum Gasteiger partial charge on any atom is 0.396 e. The number of aliphatic hydroxyl groups excluding tert-OH is 8. The smallest absolute Gasteiger partial charge is 0.396 e. The molecule has 744 valence electrons. The highest BCUT2D eigenvalue weighted by molar-refractivity contribution is 7.90. The number of carbonyl (C=O) groups excluding carboxylic acids is 1. The number of rotatable bonds is 55. The number of halogens is 3. The van der Waals surface area contributed by atoms with Gasteiger partial charge >= 0.3 is 6.18 Å². The number of hydrogen-bond acceptors (Lipinski definition) is 11. The third-order valence-corrected chi connectivity index (χ3v) is 31.3. The van der Waals surface area contributed by atoms with Crippen molar-refractivity contribution in [1.82, 2.24) is 0 Å². The van der Waals surface area contributed by atoms with Crippen LogP contribution in [0, 0.1) is 113 Å². The molecule has 11 nitrogen and oxygen atoms in total. The first kappa shape index (κ1) is 141. The second kappa shape index (κ2) is 76.8. The van der Waals surface area contributed by atoms with Crippen molar-refractivity contribution in [2.45, 2.75) is 501 Å². The average molecular weight is 1770 g/mol. The third kappa shape index (κ3) is 65.3. The van der Waals surface area contributed by atoms with E-state index in [4.69, 9.17) is 10.2 Å². The Bertz CT molecular complexity index is 2250. The van der Waals surface area contributed by atoms with Gasteiger partial charge in [0.25, 0.3) is 0 Å². The molecule has 0 aromatic rings. The molecule has 0 aliphatic heterocycles. The van der Waals surface area contributed by atoms with Crippen LogP contribution >= 0.6 is 0 Å². The molecule has 0 fully saturated rings. The minimum atomic E-state index is -4.31. The van der Waals surface area contributed by atoms with E-state index >= 15 is 0 Å². The van der Waals surface area contributed by atoms with Gasteiger partial charge in [0.1, 0.15) is 15.6 Å². The number of sulfone groups is 1. The molecule has 0 aromatic heterocycles. The van der Waals surface area contributed by atoms with Crippen LogP contribution in [0.5, 0.6) is 0 Å². The average Bonchev–Trinajstić information content (AvgIpc) is 0.791. The van der Waals surface area contributed by atoms with Crippen molar-refractivity contribution < 1.29 is 67.2 Å². The summed E-state index contributed by atoms with van der Waals surface area (Å²) in [4.78, 5) is 11.0. The fraction of sp³-hybridized carbons (Fsp3) is 0.991. The molecule has 2 unspecified atom stereocenters. The highest BCUT2D eigenvalue weighted by atomic mass is 32.2. The first-order chi connectivity index (χ1) is 55.5. The Morgan fingerprint density at radius 1 is 0.264 bits per heavy atom. The fourth-order valence-corrected chi connectivity index (χ4v) is 14.6. The Hall–Kier alpha value is -0.910. The number of carbonyl (C=O) groups is 1. The van der Waals surface area contributed by atoms with E-state index < -0.39 is 34.0 Å². The topological polar surface area (TPSA) is 213 Å². The highest BCUT2D eigenvalue weighted by Crippen LogP contribution is 2.48. The maximum atomic E-state index is 12.8. The van der Waals surface area contributed by atoms with E-state index in [0.717, 1.165) is 77.0 Å². The zero-order valence-corrected chi connectivity index (χ0v) is 90.3. The van der Waals surface area contributed by atoms with E-state index in [9.17, 15) is 57.0 Å². The van der Waals surface area contributed by atoms with Gasteiger partial charge in [0.15, 0.2) is 0 Å². The lowest BCUT2D eigenvalue weighted by molar-refractivity contribution is -0.254. The molecule has 121 heavy (non-hydrogen) atoms. The molecule has 0 saturated carbocycles. The second-order valence-electron chi connectivity index (χ2n) is 43.0. The molecule has 0 radical (unpaired) electrons. The van der Waals surface area contributed by atoms with Crippen LogP contribution in [0.3, 0.4) is 0 Å². The van der Waals surface area contributed by atoms with Gasteiger partial charge < -0.3 is 45.6 Å². The summed E-state index contributed by atoms with van der Waals surface area (Å²) in [5.74, 6) is 5.38. The second-order valence-corrected chi connectivity index (χ2v) is 45.3. The summed E-state index contributed by atoms with van der Waals surface area (Å²) in [5.41, 5.74) is -0.290. The van der Waals surface area contributed by atoms with Crippen molar-refractivity contribution in [3.8, 4) is 0 Å². The predicted octanol–water partition coefficient (Wildman–Crippen LogP) is 31.1. The SMILES string of the molecule is CCCCC(C)(CO)C(C)C.CCCCC(CC)(CO)C(C)C.CCCCC[C@](C)(CO)C(C)C.CCCC[C@@](C)(CCS(C)(=O)=O)C(C)C.CCCC[C@@](C)(CO)C(C)C.CCCC[C@@](CO)(C(C)C)C(F)(F)F.CCCC[C@](C)(CCC(C)=O)C(C)C.CCCC[C@](C)(CO)C(C)C.CCCC[C@](C)(CO)C(C)C.CCC[C@@](C)(CO)C(C)C. The standard InChI is InChI=1S/C13H26O.C12H26O2S.2C11H24O.C10H19F3O.4C10H22O.C9H20O/c1-6-7-9-13(5,11(2)3)10-8-12(4)14;1-6-7-8-12(4,11(2)3)9-10-15(5,13)14;1-5-6-7-8-11(4,9-12)10(2)3;1-5-7-8-11(6-2,9-12)10(3)4;1-4-5-6-9(7-14,8(2)3)10(11,12)13;4*1-5-6-7-10(4,8-11)9(2)3;1-5-6-9(4,7-10)8(2)3/h11H,6-10H2,1-5H3;11H,6-10H2,1-5H3;2*10,12H,5-9H2,1-4H3;8,14H,4-7H2,1-3H3;4*9,11H,5-8H2,1-4H3;8,10H,5-7H2,1-4H3/t13-;12-;11-;;9-;3*10-;;9-/m101.1110.0/s1. The number of unbranched alkanes of at least 4 members (excludes halogenated alkanes) is 10. The van der Waals surface area contributed by atoms with E-state index in [0.29, 0.717) is 129 Å². The predicted molar refractivity (Wildman–Crippen MR) is 531 cm³/mol. The molecule has 0 bridgehead atoms. The summed E-state index contributed by atoms with van der Waals surface area (Å²) in [6.45, 7) is 87.2. The van der Waals surface area contributed by atoms with Crippen LogP contribution < -0.4 is 0 Å². The van der Waals surface area contributed by atoms with Crippen molar-refractivity contribution >= 4 is 15.6 Å². The van der Waals surface area contributed by atoms with Gasteiger partial charge in [-0.15, -0.1) is 0 Å². The summed E-state index contributed by atoms with van der Waals surface area (Å²) in [6, 6.07) is 0. The van der Waals surface area contributed by atoms with Crippen LogP contribution in [0.25, 0.3) is 0 Å². The van der Waals surface area contributed by atoms with Crippen molar-refractivity contribution in [2.24, 2.45) is 113 Å². The van der Waals surface area contributed by atoms with Crippen molar-refractivity contribution in [3.63, 3.8) is 0 Å². The van der Waals surface area contributed by atoms with Gasteiger partial charge in [0.2, 0.25) is 0 Å². The molecule has 8 N–H and O–H groups in total. The zero-order chi connectivity index (χ0) is 97.8. The Kier molecular flexibility index (Phi) is 89.1. The van der Waals surface area contributed by atoms with E-state index in [1.54, 1.807) is 6.92 Å². The van der Waals surface area contributed by atoms with E-state index in [-0.39, 0.29) is 49.7 Å². The Labute approximate surface area is 758 Å². The van der Waals surface area contributed by atoms with E-state index in [2.05, 4.69) is 249 Å². The number of hydrogen-bond donors (Lipinski definition) is 8.